The van der Waals surface area contributed by atoms with Crippen molar-refractivity contribution < 1.29 is 15.0 Å². The standard InChI is InChI=1S/C17H26O3/c1-4-5-9-14-10-13(8-6-7-12(2)3)11-15(16(14)18)17(19)20/h10-12,18H,4-9H2,1-3H3,(H,19,20). The number of hydrogen-bond acceptors (Lipinski definition) is 2. The second kappa shape index (κ2) is 7.93. The van der Waals surface area contributed by atoms with Crippen LogP contribution >= 0.6 is 0 Å². The molecule has 0 amide bonds. The molecule has 0 fully saturated rings. The smallest absolute Gasteiger partial charge is 0.339 e. The average molecular weight is 278 g/mol. The lowest BCUT2D eigenvalue weighted by Gasteiger charge is -2.11. The van der Waals surface area contributed by atoms with Gasteiger partial charge in [-0.25, -0.2) is 4.79 Å². The largest absolute Gasteiger partial charge is 0.507 e. The number of aromatic carboxylic acids is 1. The van der Waals surface area contributed by atoms with E-state index < -0.39 is 5.97 Å². The summed E-state index contributed by atoms with van der Waals surface area (Å²) < 4.78 is 0. The highest BCUT2D eigenvalue weighted by Gasteiger charge is 2.15. The van der Waals surface area contributed by atoms with Crippen LogP contribution < -0.4 is 0 Å². The molecule has 0 spiro atoms. The summed E-state index contributed by atoms with van der Waals surface area (Å²) >= 11 is 0. The molecule has 1 aromatic rings. The number of hydrogen-bond donors (Lipinski definition) is 2. The van der Waals surface area contributed by atoms with Gasteiger partial charge in [0.2, 0.25) is 0 Å². The topological polar surface area (TPSA) is 57.5 Å². The lowest BCUT2D eigenvalue weighted by atomic mass is 9.96. The Morgan fingerprint density at radius 2 is 1.90 bits per heavy atom. The molecule has 3 heteroatoms. The lowest BCUT2D eigenvalue weighted by Crippen LogP contribution is -2.02. The first-order valence-corrected chi connectivity index (χ1v) is 7.53. The number of carbonyl (C=O) groups is 1. The van der Waals surface area contributed by atoms with Crippen molar-refractivity contribution in [2.45, 2.75) is 59.3 Å². The Bertz CT molecular complexity index is 450. The fourth-order valence-corrected chi connectivity index (χ4v) is 2.34. The third kappa shape index (κ3) is 4.87. The summed E-state index contributed by atoms with van der Waals surface area (Å²) in [7, 11) is 0. The van der Waals surface area contributed by atoms with Gasteiger partial charge in [-0.3, -0.25) is 0 Å². The summed E-state index contributed by atoms with van der Waals surface area (Å²) in [4.78, 5) is 11.2. The number of benzene rings is 1. The van der Waals surface area contributed by atoms with Crippen LogP contribution in [0.15, 0.2) is 12.1 Å². The Morgan fingerprint density at radius 1 is 1.20 bits per heavy atom. The van der Waals surface area contributed by atoms with Gasteiger partial charge in [0.15, 0.2) is 0 Å². The van der Waals surface area contributed by atoms with Crippen molar-refractivity contribution in [3.8, 4) is 5.75 Å². The number of aromatic hydroxyl groups is 1. The van der Waals surface area contributed by atoms with Crippen LogP contribution in [0.1, 0.15) is 67.9 Å². The summed E-state index contributed by atoms with van der Waals surface area (Å²) in [6, 6.07) is 3.59. The van der Waals surface area contributed by atoms with Crippen molar-refractivity contribution in [1.29, 1.82) is 0 Å². The number of rotatable bonds is 8. The molecule has 0 saturated heterocycles. The molecule has 0 bridgehead atoms. The fraction of sp³-hybridized carbons (Fsp3) is 0.588. The number of aryl methyl sites for hydroxylation is 2. The number of carboxylic acids is 1. The maximum absolute atomic E-state index is 11.2. The molecule has 0 aliphatic rings. The Balaban J connectivity index is 2.93. The van der Waals surface area contributed by atoms with Crippen molar-refractivity contribution in [3.63, 3.8) is 0 Å². The lowest BCUT2D eigenvalue weighted by molar-refractivity contribution is 0.0693. The minimum absolute atomic E-state index is 0.0400. The summed E-state index contributed by atoms with van der Waals surface area (Å²) in [5.74, 6) is -0.449. The molecule has 0 saturated carbocycles. The molecule has 0 aliphatic carbocycles. The first kappa shape index (κ1) is 16.5. The molecular weight excluding hydrogens is 252 g/mol. The van der Waals surface area contributed by atoms with Gasteiger partial charge in [-0.05, 0) is 48.8 Å². The SMILES string of the molecule is CCCCc1cc(CCCC(C)C)cc(C(=O)O)c1O. The molecule has 0 heterocycles. The average Bonchev–Trinajstić information content (AvgIpc) is 2.38. The van der Waals surface area contributed by atoms with Crippen LogP contribution in [0.2, 0.25) is 0 Å². The number of carboxylic acid groups (broad SMARTS) is 1. The van der Waals surface area contributed by atoms with Crippen LogP contribution in [-0.4, -0.2) is 16.2 Å². The summed E-state index contributed by atoms with van der Waals surface area (Å²) in [6.45, 7) is 6.46. The molecule has 1 rings (SSSR count). The van der Waals surface area contributed by atoms with Gasteiger partial charge in [0, 0.05) is 0 Å². The molecule has 0 aliphatic heterocycles. The van der Waals surface area contributed by atoms with Crippen molar-refractivity contribution in [2.24, 2.45) is 5.92 Å². The van der Waals surface area contributed by atoms with E-state index in [1.54, 1.807) is 6.07 Å². The van der Waals surface area contributed by atoms with Gasteiger partial charge < -0.3 is 10.2 Å². The molecule has 0 radical (unpaired) electrons. The molecule has 0 aromatic heterocycles. The van der Waals surface area contributed by atoms with Crippen molar-refractivity contribution in [3.05, 3.63) is 28.8 Å². The number of phenols is 1. The maximum Gasteiger partial charge on any atom is 0.339 e. The third-order valence-corrected chi connectivity index (χ3v) is 3.53. The van der Waals surface area contributed by atoms with E-state index in [4.69, 9.17) is 0 Å². The second-order valence-corrected chi connectivity index (χ2v) is 5.85. The van der Waals surface area contributed by atoms with Crippen molar-refractivity contribution in [1.82, 2.24) is 0 Å². The van der Waals surface area contributed by atoms with Gasteiger partial charge in [-0.2, -0.15) is 0 Å². The van der Waals surface area contributed by atoms with Gasteiger partial charge in [-0.1, -0.05) is 39.7 Å². The van der Waals surface area contributed by atoms with Gasteiger partial charge in [0.1, 0.15) is 11.3 Å². The van der Waals surface area contributed by atoms with E-state index in [-0.39, 0.29) is 11.3 Å². The number of unbranched alkanes of at least 4 members (excludes halogenated alkanes) is 1. The van der Waals surface area contributed by atoms with E-state index in [0.717, 1.165) is 49.7 Å². The Kier molecular flexibility index (Phi) is 6.56. The van der Waals surface area contributed by atoms with Crippen molar-refractivity contribution in [2.75, 3.05) is 0 Å². The van der Waals surface area contributed by atoms with Crippen molar-refractivity contribution >= 4 is 5.97 Å². The highest BCUT2D eigenvalue weighted by atomic mass is 16.4. The monoisotopic (exact) mass is 278 g/mol. The van der Waals surface area contributed by atoms with E-state index in [0.29, 0.717) is 5.92 Å². The van der Waals surface area contributed by atoms with Crippen LogP contribution in [0.5, 0.6) is 5.75 Å². The first-order chi connectivity index (χ1) is 9.45. The zero-order valence-electron chi connectivity index (χ0n) is 12.8. The van der Waals surface area contributed by atoms with E-state index >= 15 is 0 Å². The summed E-state index contributed by atoms with van der Waals surface area (Å²) in [5.41, 5.74) is 1.83. The predicted octanol–water partition coefficient (Wildman–Crippen LogP) is 4.41. The van der Waals surface area contributed by atoms with Gasteiger partial charge in [-0.15, -0.1) is 0 Å². The quantitative estimate of drug-likeness (QED) is 0.740. The molecular formula is C17H26O3. The summed E-state index contributed by atoms with van der Waals surface area (Å²) in [6.07, 6.45) is 5.78. The summed E-state index contributed by atoms with van der Waals surface area (Å²) in [5, 5.41) is 19.2. The molecule has 112 valence electrons. The highest BCUT2D eigenvalue weighted by molar-refractivity contribution is 5.91. The van der Waals surface area contributed by atoms with Crippen LogP contribution in [0, 0.1) is 5.92 Å². The van der Waals surface area contributed by atoms with Crippen LogP contribution in [0.4, 0.5) is 0 Å². The van der Waals surface area contributed by atoms with Gasteiger partial charge in [0.25, 0.3) is 0 Å². The molecule has 20 heavy (non-hydrogen) atoms. The normalized spacial score (nSPS) is 11.0. The van der Waals surface area contributed by atoms with E-state index in [1.807, 2.05) is 6.07 Å². The Labute approximate surface area is 121 Å². The molecule has 3 nitrogen and oxygen atoms in total. The van der Waals surface area contributed by atoms with Crippen LogP contribution in [0.3, 0.4) is 0 Å². The predicted molar refractivity (Wildman–Crippen MR) is 81.5 cm³/mol. The fourth-order valence-electron chi connectivity index (χ4n) is 2.34. The minimum Gasteiger partial charge on any atom is -0.507 e. The molecule has 1 aromatic carbocycles. The zero-order valence-corrected chi connectivity index (χ0v) is 12.8. The Morgan fingerprint density at radius 3 is 2.45 bits per heavy atom. The van der Waals surface area contributed by atoms with E-state index in [9.17, 15) is 15.0 Å². The molecule has 0 unspecified atom stereocenters. The van der Waals surface area contributed by atoms with Crippen LogP contribution in [-0.2, 0) is 12.8 Å². The Hall–Kier alpha value is -1.51. The van der Waals surface area contributed by atoms with Gasteiger partial charge >= 0.3 is 5.97 Å². The molecule has 2 N–H and O–H groups in total. The minimum atomic E-state index is -1.05. The first-order valence-electron chi connectivity index (χ1n) is 7.53. The maximum atomic E-state index is 11.2. The zero-order chi connectivity index (χ0) is 15.1. The van der Waals surface area contributed by atoms with Crippen LogP contribution in [0.25, 0.3) is 0 Å². The third-order valence-electron chi connectivity index (χ3n) is 3.53. The highest BCUT2D eigenvalue weighted by Crippen LogP contribution is 2.27. The van der Waals surface area contributed by atoms with E-state index in [1.165, 1.54) is 0 Å². The van der Waals surface area contributed by atoms with Gasteiger partial charge in [0.05, 0.1) is 0 Å². The second-order valence-electron chi connectivity index (χ2n) is 5.85. The molecule has 0 atom stereocenters. The van der Waals surface area contributed by atoms with E-state index in [2.05, 4.69) is 20.8 Å².